The molecule has 11 bridgehead atoms. The summed E-state index contributed by atoms with van der Waals surface area (Å²) in [5, 5.41) is 130. The predicted molar refractivity (Wildman–Crippen MR) is 369 cm³/mol. The molecule has 7 heterocycles. The van der Waals surface area contributed by atoms with Crippen molar-refractivity contribution in [3.63, 3.8) is 0 Å². The number of halogens is 3. The fourth-order valence-electron chi connectivity index (χ4n) is 13.1. The van der Waals surface area contributed by atoms with Crippen molar-refractivity contribution in [3.8, 4) is 68.2 Å². The number of carbonyl (C=O) groups excluding carboxylic acids is 6. The number of amides is 6. The van der Waals surface area contributed by atoms with Crippen molar-refractivity contribution in [1.82, 2.24) is 26.6 Å². The van der Waals surface area contributed by atoms with Crippen molar-refractivity contribution in [2.24, 2.45) is 11.5 Å². The molecule has 7 aromatic carbocycles. The van der Waals surface area contributed by atoms with E-state index in [4.69, 9.17) is 74.7 Å². The zero-order valence-electron chi connectivity index (χ0n) is 55.1. The number of rotatable bonds is 11. The minimum atomic E-state index is -2.30. The van der Waals surface area contributed by atoms with Crippen LogP contribution >= 0.6 is 34.8 Å². The van der Waals surface area contributed by atoms with E-state index in [1.54, 1.807) is 38.1 Å². The fraction of sp³-hybridized carbons (Fsp3) is 0.310. The van der Waals surface area contributed by atoms with Crippen LogP contribution in [0.1, 0.15) is 84.8 Å². The van der Waals surface area contributed by atoms with Crippen LogP contribution in [0, 0.1) is 0 Å². The Kier molecular flexibility index (Phi) is 21.4. The zero-order chi connectivity index (χ0) is 75.4. The summed E-state index contributed by atoms with van der Waals surface area (Å²) in [5.74, 6) is -14.7. The van der Waals surface area contributed by atoms with Gasteiger partial charge in [-0.3, -0.25) is 28.8 Å². The van der Waals surface area contributed by atoms with Gasteiger partial charge in [-0.25, -0.2) is 4.79 Å². The largest absolute Gasteiger partial charge is 0.508 e. The molecular weight excluding hydrogens is 1440 g/mol. The number of hydrogen-bond donors (Lipinski definition) is 18. The third-order valence-corrected chi connectivity index (χ3v) is 19.4. The van der Waals surface area contributed by atoms with Crippen LogP contribution in [0.5, 0.6) is 46.0 Å². The Labute approximate surface area is 610 Å². The van der Waals surface area contributed by atoms with Gasteiger partial charge < -0.3 is 123 Å². The molecule has 2 saturated heterocycles. The van der Waals surface area contributed by atoms with E-state index in [9.17, 15) is 70.2 Å². The minimum absolute atomic E-state index is 0.100. The number of carboxylic acid groups (broad SMARTS) is 1. The van der Waals surface area contributed by atoms with Gasteiger partial charge in [-0.2, -0.15) is 0 Å². The molecule has 2 fully saturated rings. The van der Waals surface area contributed by atoms with E-state index in [1.165, 1.54) is 12.1 Å². The summed E-state index contributed by atoms with van der Waals surface area (Å²) < 4.78 is 39.1. The average Bonchev–Trinajstić information content (AvgIpc) is 0.767. The summed E-state index contributed by atoms with van der Waals surface area (Å²) in [5.41, 5.74) is 10.3. The highest BCUT2D eigenvalue weighted by molar-refractivity contribution is 6.32. The lowest BCUT2D eigenvalue weighted by Crippen LogP contribution is -2.64. The molecule has 34 heteroatoms. The monoisotopic (exact) mass is 1510 g/mol. The number of phenols is 3. The van der Waals surface area contributed by atoms with Crippen molar-refractivity contribution in [2.75, 3.05) is 11.9 Å². The lowest BCUT2D eigenvalue weighted by atomic mass is 9.84. The first-order chi connectivity index (χ1) is 49.9. The van der Waals surface area contributed by atoms with Gasteiger partial charge in [-0.15, -0.1) is 0 Å². The molecule has 0 aromatic heterocycles. The molecule has 20 N–H and O–H groups in total. The van der Waals surface area contributed by atoms with Gasteiger partial charge in [0, 0.05) is 39.9 Å². The maximum absolute atomic E-state index is 15.9. The molecule has 14 rings (SSSR count). The lowest BCUT2D eigenvalue weighted by Gasteiger charge is -2.48. The fourth-order valence-corrected chi connectivity index (χ4v) is 13.7. The number of ether oxygens (including phenoxy) is 6. The number of carboxylic acids is 1. The first-order valence-electron chi connectivity index (χ1n) is 32.5. The van der Waals surface area contributed by atoms with Crippen LogP contribution in [0.25, 0.3) is 22.3 Å². The summed E-state index contributed by atoms with van der Waals surface area (Å²) in [4.78, 5) is 101. The van der Waals surface area contributed by atoms with Crippen molar-refractivity contribution in [2.45, 2.75) is 130 Å². The quantitative estimate of drug-likeness (QED) is 0.0876. The van der Waals surface area contributed by atoms with Gasteiger partial charge in [-0.1, -0.05) is 77.3 Å². The minimum Gasteiger partial charge on any atom is -0.508 e. The number of phenolic OH excluding ortho intramolecular Hbond substituents is 3. The number of aromatic hydroxyl groups is 3. The highest BCUT2D eigenvalue weighted by Gasteiger charge is 2.52. The molecule has 7 aromatic rings. The van der Waals surface area contributed by atoms with Gasteiger partial charge >= 0.3 is 5.97 Å². The smallest absolute Gasteiger partial charge is 0.330 e. The van der Waals surface area contributed by atoms with E-state index in [1.807, 2.05) is 24.3 Å². The van der Waals surface area contributed by atoms with E-state index in [0.717, 1.165) is 77.9 Å². The molecule has 6 amide bonds. The number of aliphatic hydroxyl groups excluding tert-OH is 6. The van der Waals surface area contributed by atoms with Crippen LogP contribution in [0.4, 0.5) is 5.69 Å². The van der Waals surface area contributed by atoms with Crippen LogP contribution in [0.15, 0.2) is 127 Å². The molecule has 0 aliphatic carbocycles. The Balaban J connectivity index is 1.04. The summed E-state index contributed by atoms with van der Waals surface area (Å²) in [6.07, 6.45) is -18.6. The summed E-state index contributed by atoms with van der Waals surface area (Å²) in [7, 11) is 0. The second-order valence-electron chi connectivity index (χ2n) is 25.9. The number of aliphatic carboxylic acids is 1. The first-order valence-corrected chi connectivity index (χ1v) is 33.6. The molecule has 0 spiro atoms. The molecule has 7 aliphatic rings. The number of carbonyl (C=O) groups is 7. The number of fused-ring (bicyclic) bond motifs is 15. The topological polar surface area (TPSA) is 501 Å². The highest BCUT2D eigenvalue weighted by atomic mass is 35.5. The van der Waals surface area contributed by atoms with Gasteiger partial charge in [0.2, 0.25) is 47.5 Å². The van der Waals surface area contributed by atoms with Crippen LogP contribution in [0.2, 0.25) is 15.1 Å². The second kappa shape index (κ2) is 30.2. The zero-order valence-corrected chi connectivity index (χ0v) is 57.3. The summed E-state index contributed by atoms with van der Waals surface area (Å²) in [6.45, 7) is 2.29. The highest BCUT2D eigenvalue weighted by Crippen LogP contribution is 2.50. The molecule has 552 valence electrons. The summed E-state index contributed by atoms with van der Waals surface area (Å²) >= 11 is 20.2. The molecular formula is C71H69Cl3N8O23. The molecule has 0 radical (unpaired) electrons. The Hall–Kier alpha value is -10.1. The molecule has 105 heavy (non-hydrogen) atoms. The lowest BCUT2D eigenvalue weighted by molar-refractivity contribution is -0.332. The Morgan fingerprint density at radius 1 is 0.638 bits per heavy atom. The Morgan fingerprint density at radius 2 is 1.23 bits per heavy atom. The van der Waals surface area contributed by atoms with E-state index in [-0.39, 0.29) is 39.6 Å². The number of nitrogens with one attached hydrogen (secondary N) is 6. The first kappa shape index (κ1) is 74.6. The van der Waals surface area contributed by atoms with Crippen LogP contribution in [0.3, 0.4) is 0 Å². The van der Waals surface area contributed by atoms with Gasteiger partial charge in [0.1, 0.15) is 95.6 Å². The van der Waals surface area contributed by atoms with Crippen molar-refractivity contribution >= 4 is 81.9 Å². The van der Waals surface area contributed by atoms with Gasteiger partial charge in [0.05, 0.1) is 34.7 Å². The second-order valence-corrected chi connectivity index (χ2v) is 27.2. The number of aliphatic hydroxyl groups is 6. The number of nitrogens with two attached hydrogens (primary N) is 2. The third kappa shape index (κ3) is 15.4. The van der Waals surface area contributed by atoms with Crippen LogP contribution < -0.4 is 57.6 Å². The average molecular weight is 1510 g/mol. The van der Waals surface area contributed by atoms with Crippen LogP contribution in [-0.4, -0.2) is 172 Å². The number of primary amides is 1. The predicted octanol–water partition coefficient (Wildman–Crippen LogP) is 3.79. The maximum atomic E-state index is 15.9. The van der Waals surface area contributed by atoms with Crippen molar-refractivity contribution in [3.05, 3.63) is 170 Å². The maximum Gasteiger partial charge on any atom is 0.330 e. The SMILES string of the molecule is C[C@@H]1O[C@@H](O[C@H]2[C@H](Oc3c4cc5cc3Oc3ccc(cc3Cl)[C@@H](O)[C@@H](N)C(=O)N[C@@H](CC(N)=O)C(=O)N[C@H]5C(=O)N[C@H]3C(=O)N[C@H](C(=O)N[C@H](C(=O)O)c5cc(O)cc(O)c5-c5cc3ccc5O)[C@H](O)c3ccc(c(Cl)c3)O4)O[C@H](CO)[C@@H](O)[C@@H]2O)C[C@](C)(Nc2ccc(-c3ccc(Cl)cc3)cc2)[C@@H]1O. The Bertz CT molecular complexity index is 4580. The van der Waals surface area contributed by atoms with Gasteiger partial charge in [-0.05, 0) is 126 Å². The van der Waals surface area contributed by atoms with Gasteiger partial charge in [0.15, 0.2) is 29.9 Å². The molecule has 0 saturated carbocycles. The van der Waals surface area contributed by atoms with Crippen LogP contribution in [-0.2, 0) is 47.8 Å². The third-order valence-electron chi connectivity index (χ3n) is 18.6. The molecule has 7 aliphatic heterocycles. The number of anilines is 1. The van der Waals surface area contributed by atoms with E-state index >= 15 is 14.4 Å². The van der Waals surface area contributed by atoms with Crippen molar-refractivity contribution < 1.29 is 113 Å². The van der Waals surface area contributed by atoms with Crippen molar-refractivity contribution in [1.29, 1.82) is 0 Å². The van der Waals surface area contributed by atoms with E-state index < -0.39 is 219 Å². The molecule has 17 atom stereocenters. The van der Waals surface area contributed by atoms with E-state index in [2.05, 4.69) is 31.9 Å². The number of hydrogen-bond acceptors (Lipinski definition) is 24. The summed E-state index contributed by atoms with van der Waals surface area (Å²) in [6, 6.07) is 15.3. The standard InChI is InChI=1S/C71H69Cl3N8O23/c1-27-63(92)71(2,82-35-12-5-29(6-13-35)28-3-10-34(72)11-4-28)25-50(100-27)104-62-60(91)59(90)48(26-83)103-70(62)105-61-46-20-33-21-47(61)102-45-16-9-32(19-40(45)74)58(89)56-68(97)80-55(69(98)99)38-22-36(84)23-43(86)51(38)37-17-30(7-14-42(37)85)53(66(95)81-56)79-67(96)54(33)78-64(93)41(24-49(75)87)77-65(94)52(76)57(88)31-8-15-44(101-46)39(73)18-31/h3-23,27,41,48,50,52-60,62-63,70,82-86,88-92H,24-26,76H2,1-2H3,(H2,75,87)(H,77,94)(H,78,93)(H,79,96)(H,80,97)(H,81,95)(H,98,99)/t27-,41-,48+,50-,52+,53+,54+,55-,56-,57+,58+,59+,60-,62+,63+,70-,71-/m0/s1. The van der Waals surface area contributed by atoms with Gasteiger partial charge in [0.25, 0.3) is 0 Å². The molecule has 0 unspecified atom stereocenters. The molecule has 31 nitrogen and oxygen atoms in total. The normalized spacial score (nSPS) is 28.4. The number of benzene rings is 7. The van der Waals surface area contributed by atoms with E-state index in [0.29, 0.717) is 10.7 Å². The Morgan fingerprint density at radius 3 is 1.84 bits per heavy atom.